The molecule has 0 saturated heterocycles. The molecule has 0 fully saturated rings. The molecule has 0 saturated carbocycles. The van der Waals surface area contributed by atoms with Crippen LogP contribution in [0.2, 0.25) is 0 Å². The highest BCUT2D eigenvalue weighted by atomic mass is 16.3. The Morgan fingerprint density at radius 2 is 2.19 bits per heavy atom. The molecule has 2 heterocycles. The fourth-order valence-corrected chi connectivity index (χ4v) is 2.04. The molecule has 0 atom stereocenters. The lowest BCUT2D eigenvalue weighted by molar-refractivity contribution is 0.506. The lowest BCUT2D eigenvalue weighted by atomic mass is 10.2. The van der Waals surface area contributed by atoms with Gasteiger partial charge in [-0.1, -0.05) is 13.8 Å². The second-order valence-electron chi connectivity index (χ2n) is 5.74. The van der Waals surface area contributed by atoms with Crippen LogP contribution in [-0.4, -0.2) is 23.6 Å². The predicted molar refractivity (Wildman–Crippen MR) is 84.1 cm³/mol. The average Bonchev–Trinajstić information content (AvgIpc) is 2.93. The number of hydrogen-bond acceptors (Lipinski definition) is 5. The number of hydrogen-bond donors (Lipinski definition) is 1. The quantitative estimate of drug-likeness (QED) is 0.849. The van der Waals surface area contributed by atoms with Gasteiger partial charge in [-0.15, -0.1) is 0 Å². The number of anilines is 1. The molecule has 0 radical (unpaired) electrons. The standard InChI is InChI=1S/C16H24N4O/c1-12(2)8-17-9-14-10-18-16(19-13(14)3)20(4)11-15-6-5-7-21-15/h5-7,10,12,17H,8-9,11H2,1-4H3. The van der Waals surface area contributed by atoms with E-state index in [1.807, 2.05) is 37.2 Å². The summed E-state index contributed by atoms with van der Waals surface area (Å²) in [5.41, 5.74) is 2.16. The molecule has 0 aromatic carbocycles. The molecule has 0 aliphatic carbocycles. The second kappa shape index (κ2) is 7.22. The molecule has 0 spiro atoms. The first-order valence-electron chi connectivity index (χ1n) is 7.33. The Hall–Kier alpha value is -1.88. The van der Waals surface area contributed by atoms with Crippen molar-refractivity contribution in [1.82, 2.24) is 15.3 Å². The zero-order valence-corrected chi connectivity index (χ0v) is 13.3. The van der Waals surface area contributed by atoms with Crippen LogP contribution in [0.5, 0.6) is 0 Å². The van der Waals surface area contributed by atoms with Gasteiger partial charge in [-0.3, -0.25) is 0 Å². The summed E-state index contributed by atoms with van der Waals surface area (Å²) < 4.78 is 5.35. The number of furan rings is 1. The minimum atomic E-state index is 0.643. The van der Waals surface area contributed by atoms with Crippen LogP contribution in [0.4, 0.5) is 5.95 Å². The highest BCUT2D eigenvalue weighted by molar-refractivity contribution is 5.32. The van der Waals surface area contributed by atoms with Crippen molar-refractivity contribution in [2.75, 3.05) is 18.5 Å². The zero-order chi connectivity index (χ0) is 15.2. The van der Waals surface area contributed by atoms with Crippen LogP contribution in [0.3, 0.4) is 0 Å². The Bertz CT molecular complexity index is 551. The van der Waals surface area contributed by atoms with Gasteiger partial charge in [0.2, 0.25) is 5.95 Å². The maximum atomic E-state index is 5.35. The number of nitrogens with one attached hydrogen (secondary N) is 1. The minimum absolute atomic E-state index is 0.643. The van der Waals surface area contributed by atoms with Gasteiger partial charge in [-0.05, 0) is 31.5 Å². The molecule has 5 heteroatoms. The summed E-state index contributed by atoms with van der Waals surface area (Å²) in [6.45, 7) is 8.90. The van der Waals surface area contributed by atoms with E-state index in [1.54, 1.807) is 6.26 Å². The third kappa shape index (κ3) is 4.56. The number of rotatable bonds is 7. The van der Waals surface area contributed by atoms with Crippen molar-refractivity contribution in [2.24, 2.45) is 5.92 Å². The molecule has 0 amide bonds. The summed E-state index contributed by atoms with van der Waals surface area (Å²) >= 11 is 0. The summed E-state index contributed by atoms with van der Waals surface area (Å²) in [6.07, 6.45) is 3.59. The summed E-state index contributed by atoms with van der Waals surface area (Å²) in [5.74, 6) is 2.27. The third-order valence-electron chi connectivity index (χ3n) is 3.25. The van der Waals surface area contributed by atoms with Crippen LogP contribution < -0.4 is 10.2 Å². The summed E-state index contributed by atoms with van der Waals surface area (Å²) in [4.78, 5) is 11.0. The van der Waals surface area contributed by atoms with Gasteiger partial charge in [0.15, 0.2) is 0 Å². The van der Waals surface area contributed by atoms with E-state index in [0.29, 0.717) is 12.5 Å². The number of aromatic nitrogens is 2. The first kappa shape index (κ1) is 15.5. The van der Waals surface area contributed by atoms with Crippen LogP contribution in [0.1, 0.15) is 30.9 Å². The lowest BCUT2D eigenvalue weighted by Gasteiger charge is -2.17. The van der Waals surface area contributed by atoms with E-state index in [2.05, 4.69) is 29.1 Å². The molecule has 2 aromatic heterocycles. The van der Waals surface area contributed by atoms with Gasteiger partial charge in [0.25, 0.3) is 0 Å². The summed E-state index contributed by atoms with van der Waals surface area (Å²) in [7, 11) is 1.97. The molecule has 2 rings (SSSR count). The SMILES string of the molecule is Cc1nc(N(C)Cc2ccco2)ncc1CNCC(C)C. The summed E-state index contributed by atoms with van der Waals surface area (Å²) in [5, 5.41) is 3.42. The molecule has 1 N–H and O–H groups in total. The minimum Gasteiger partial charge on any atom is -0.467 e. The van der Waals surface area contributed by atoms with Crippen molar-refractivity contribution in [2.45, 2.75) is 33.9 Å². The molecule has 5 nitrogen and oxygen atoms in total. The fraction of sp³-hybridized carbons (Fsp3) is 0.500. The Morgan fingerprint density at radius 3 is 2.81 bits per heavy atom. The van der Waals surface area contributed by atoms with Crippen LogP contribution in [0, 0.1) is 12.8 Å². The largest absolute Gasteiger partial charge is 0.467 e. The third-order valence-corrected chi connectivity index (χ3v) is 3.25. The van der Waals surface area contributed by atoms with Crippen LogP contribution in [-0.2, 0) is 13.1 Å². The van der Waals surface area contributed by atoms with Gasteiger partial charge in [-0.25, -0.2) is 9.97 Å². The molecule has 21 heavy (non-hydrogen) atoms. The van der Waals surface area contributed by atoms with Crippen LogP contribution in [0.15, 0.2) is 29.0 Å². The topological polar surface area (TPSA) is 54.2 Å². The molecular formula is C16H24N4O. The van der Waals surface area contributed by atoms with E-state index in [0.717, 1.165) is 36.1 Å². The maximum absolute atomic E-state index is 5.35. The van der Waals surface area contributed by atoms with Gasteiger partial charge in [0.1, 0.15) is 5.76 Å². The van der Waals surface area contributed by atoms with Gasteiger partial charge < -0.3 is 14.6 Å². The van der Waals surface area contributed by atoms with Gasteiger partial charge in [-0.2, -0.15) is 0 Å². The maximum Gasteiger partial charge on any atom is 0.225 e. The van der Waals surface area contributed by atoms with Crippen molar-refractivity contribution in [3.63, 3.8) is 0 Å². The average molecular weight is 288 g/mol. The van der Waals surface area contributed by atoms with Crippen molar-refractivity contribution in [3.05, 3.63) is 41.6 Å². The molecule has 0 bridgehead atoms. The van der Waals surface area contributed by atoms with E-state index in [4.69, 9.17) is 4.42 Å². The van der Waals surface area contributed by atoms with Gasteiger partial charge in [0.05, 0.1) is 12.8 Å². The van der Waals surface area contributed by atoms with Gasteiger partial charge in [0, 0.05) is 31.0 Å². The number of aryl methyl sites for hydroxylation is 1. The Kier molecular flexibility index (Phi) is 5.33. The molecule has 0 aliphatic rings. The lowest BCUT2D eigenvalue weighted by Crippen LogP contribution is -2.22. The highest BCUT2D eigenvalue weighted by Gasteiger charge is 2.09. The number of nitrogens with zero attached hydrogens (tertiary/aromatic N) is 3. The Morgan fingerprint density at radius 1 is 1.38 bits per heavy atom. The fourth-order valence-electron chi connectivity index (χ4n) is 2.04. The van der Waals surface area contributed by atoms with E-state index in [9.17, 15) is 0 Å². The Balaban J connectivity index is 1.97. The molecule has 2 aromatic rings. The first-order valence-corrected chi connectivity index (χ1v) is 7.33. The zero-order valence-electron chi connectivity index (χ0n) is 13.3. The highest BCUT2D eigenvalue weighted by Crippen LogP contribution is 2.13. The Labute approximate surface area is 126 Å². The van der Waals surface area contributed by atoms with Crippen molar-refractivity contribution < 1.29 is 4.42 Å². The van der Waals surface area contributed by atoms with E-state index < -0.39 is 0 Å². The van der Waals surface area contributed by atoms with Crippen LogP contribution in [0.25, 0.3) is 0 Å². The van der Waals surface area contributed by atoms with Crippen molar-refractivity contribution >= 4 is 5.95 Å². The summed E-state index contributed by atoms with van der Waals surface area (Å²) in [6, 6.07) is 3.84. The van der Waals surface area contributed by atoms with E-state index in [-0.39, 0.29) is 0 Å². The van der Waals surface area contributed by atoms with Crippen molar-refractivity contribution in [1.29, 1.82) is 0 Å². The smallest absolute Gasteiger partial charge is 0.225 e. The monoisotopic (exact) mass is 288 g/mol. The first-order chi connectivity index (χ1) is 10.1. The predicted octanol–water partition coefficient (Wildman–Crippen LogP) is 2.76. The second-order valence-corrected chi connectivity index (χ2v) is 5.74. The molecule has 0 aliphatic heterocycles. The van der Waals surface area contributed by atoms with Crippen molar-refractivity contribution in [3.8, 4) is 0 Å². The van der Waals surface area contributed by atoms with Gasteiger partial charge >= 0.3 is 0 Å². The molecule has 114 valence electrons. The molecule has 0 unspecified atom stereocenters. The normalized spacial score (nSPS) is 11.1. The van der Waals surface area contributed by atoms with E-state index >= 15 is 0 Å². The van der Waals surface area contributed by atoms with E-state index in [1.165, 1.54) is 0 Å². The van der Waals surface area contributed by atoms with Crippen LogP contribution >= 0.6 is 0 Å². The molecular weight excluding hydrogens is 264 g/mol.